The van der Waals surface area contributed by atoms with Crippen LogP contribution in [-0.4, -0.2) is 15.8 Å². The molecule has 0 saturated carbocycles. The third-order valence-corrected chi connectivity index (χ3v) is 5.03. The van der Waals surface area contributed by atoms with Crippen LogP contribution >= 0.6 is 11.6 Å². The minimum atomic E-state index is -0.783. The van der Waals surface area contributed by atoms with Crippen LogP contribution in [0.25, 0.3) is 5.70 Å². The number of nitrogens with zero attached hydrogens (tertiary/aromatic N) is 2. The van der Waals surface area contributed by atoms with E-state index >= 15 is 0 Å². The maximum Gasteiger partial charge on any atom is 0.163 e. The van der Waals surface area contributed by atoms with Crippen molar-refractivity contribution >= 4 is 23.1 Å². The third kappa shape index (κ3) is 4.29. The highest BCUT2D eigenvalue weighted by Crippen LogP contribution is 2.41. The number of allylic oxidation sites excluding steroid dienone is 1. The van der Waals surface area contributed by atoms with Crippen molar-refractivity contribution in [1.29, 1.82) is 0 Å². The van der Waals surface area contributed by atoms with Crippen molar-refractivity contribution in [1.82, 2.24) is 15.3 Å². The summed E-state index contributed by atoms with van der Waals surface area (Å²) in [6.45, 7) is 8.05. The Morgan fingerprint density at radius 2 is 2.11 bits per heavy atom. The van der Waals surface area contributed by atoms with Crippen LogP contribution in [0.5, 0.6) is 0 Å². The molecule has 146 valence electrons. The topological polar surface area (TPSA) is 80.9 Å². The molecule has 1 aromatic carbocycles. The molecule has 1 aliphatic carbocycles. The van der Waals surface area contributed by atoms with Crippen molar-refractivity contribution in [3.05, 3.63) is 76.7 Å². The van der Waals surface area contributed by atoms with Gasteiger partial charge in [-0.25, -0.2) is 4.39 Å². The molecule has 0 amide bonds. The van der Waals surface area contributed by atoms with Crippen LogP contribution in [0.2, 0.25) is 5.02 Å². The molecular formula is C21H22ClFN4O. The lowest BCUT2D eigenvalue weighted by Crippen LogP contribution is -2.35. The van der Waals surface area contributed by atoms with E-state index in [9.17, 15) is 9.18 Å². The van der Waals surface area contributed by atoms with E-state index in [0.717, 1.165) is 0 Å². The molecule has 0 saturated heterocycles. The summed E-state index contributed by atoms with van der Waals surface area (Å²) in [6, 6.07) is 3.20. The Labute approximate surface area is 168 Å². The lowest BCUT2D eigenvalue weighted by molar-refractivity contribution is -0.118. The number of Topliss-reactive ketones (excluding diaryl/α,β-unsaturated/α-hetero) is 1. The van der Waals surface area contributed by atoms with Gasteiger partial charge in [0, 0.05) is 35.1 Å². The first-order valence-electron chi connectivity index (χ1n) is 8.87. The Bertz CT molecular complexity index is 956. The largest absolute Gasteiger partial charge is 0.357 e. The van der Waals surface area contributed by atoms with E-state index < -0.39 is 11.9 Å². The summed E-state index contributed by atoms with van der Waals surface area (Å²) in [6.07, 6.45) is 5.68. The predicted molar refractivity (Wildman–Crippen MR) is 108 cm³/mol. The zero-order valence-electron chi connectivity index (χ0n) is 15.8. The van der Waals surface area contributed by atoms with Gasteiger partial charge in [0.05, 0.1) is 17.9 Å². The first-order chi connectivity index (χ1) is 13.2. The number of rotatable bonds is 5. The van der Waals surface area contributed by atoms with Gasteiger partial charge in [-0.05, 0) is 29.5 Å². The van der Waals surface area contributed by atoms with Crippen LogP contribution in [0.3, 0.4) is 0 Å². The Kier molecular flexibility index (Phi) is 5.63. The molecular weight excluding hydrogens is 379 g/mol. The zero-order chi connectivity index (χ0) is 20.5. The first-order valence-corrected chi connectivity index (χ1v) is 9.25. The average molecular weight is 401 g/mol. The summed E-state index contributed by atoms with van der Waals surface area (Å²) < 4.78 is 13.4. The van der Waals surface area contributed by atoms with E-state index in [-0.39, 0.29) is 16.2 Å². The van der Waals surface area contributed by atoms with E-state index in [2.05, 4.69) is 21.9 Å². The smallest absolute Gasteiger partial charge is 0.163 e. The second-order valence-electron chi connectivity index (χ2n) is 7.67. The quantitative estimate of drug-likeness (QED) is 0.787. The lowest BCUT2D eigenvalue weighted by Gasteiger charge is -2.35. The van der Waals surface area contributed by atoms with Gasteiger partial charge in [-0.1, -0.05) is 38.1 Å². The maximum atomic E-state index is 13.4. The van der Waals surface area contributed by atoms with Crippen LogP contribution in [0.4, 0.5) is 4.39 Å². The summed E-state index contributed by atoms with van der Waals surface area (Å²) in [5, 5.41) is 3.40. The fourth-order valence-electron chi connectivity index (χ4n) is 3.42. The maximum absolute atomic E-state index is 13.4. The van der Waals surface area contributed by atoms with Crippen LogP contribution < -0.4 is 11.1 Å². The number of nitrogens with one attached hydrogen (secondary N) is 1. The summed E-state index contributed by atoms with van der Waals surface area (Å²) >= 11 is 6.19. The van der Waals surface area contributed by atoms with Crippen LogP contribution in [0, 0.1) is 11.2 Å². The van der Waals surface area contributed by atoms with Gasteiger partial charge in [-0.2, -0.15) is 0 Å². The summed E-state index contributed by atoms with van der Waals surface area (Å²) in [5.74, 6) is -0.529. The van der Waals surface area contributed by atoms with Gasteiger partial charge >= 0.3 is 0 Å². The molecule has 0 fully saturated rings. The van der Waals surface area contributed by atoms with Crippen molar-refractivity contribution in [2.24, 2.45) is 11.1 Å². The molecule has 1 atom stereocenters. The van der Waals surface area contributed by atoms with Crippen molar-refractivity contribution in [2.45, 2.75) is 32.7 Å². The zero-order valence-corrected chi connectivity index (χ0v) is 16.6. The predicted octanol–water partition coefficient (Wildman–Crippen LogP) is 4.17. The minimum absolute atomic E-state index is 0.0708. The number of halogens is 2. The molecule has 3 rings (SSSR count). The van der Waals surface area contributed by atoms with Gasteiger partial charge in [0.25, 0.3) is 0 Å². The van der Waals surface area contributed by atoms with Gasteiger partial charge in [-0.15, -0.1) is 0 Å². The molecule has 0 radical (unpaired) electrons. The Hall–Kier alpha value is -2.57. The van der Waals surface area contributed by atoms with E-state index in [0.29, 0.717) is 41.1 Å². The SMILES string of the molecule is C=C(NC1=C(C(N)c2ccc(F)cc2Cl)C(=O)CC(C)(C)C1)c1cnccn1. The first kappa shape index (κ1) is 20.2. The van der Waals surface area contributed by atoms with Crippen LogP contribution in [0.15, 0.2) is 54.6 Å². The Morgan fingerprint density at radius 1 is 1.36 bits per heavy atom. The minimum Gasteiger partial charge on any atom is -0.357 e. The molecule has 3 N–H and O–H groups in total. The van der Waals surface area contributed by atoms with Crippen molar-refractivity contribution < 1.29 is 9.18 Å². The number of carbonyl (C=O) groups is 1. The highest BCUT2D eigenvalue weighted by molar-refractivity contribution is 6.31. The summed E-state index contributed by atoms with van der Waals surface area (Å²) in [7, 11) is 0. The molecule has 0 bridgehead atoms. The molecule has 7 heteroatoms. The highest BCUT2D eigenvalue weighted by atomic mass is 35.5. The number of hydrogen-bond acceptors (Lipinski definition) is 5. The molecule has 0 spiro atoms. The Morgan fingerprint density at radius 3 is 2.75 bits per heavy atom. The van der Waals surface area contributed by atoms with E-state index in [1.807, 2.05) is 13.8 Å². The second kappa shape index (κ2) is 7.81. The molecule has 1 aliphatic rings. The molecule has 0 aliphatic heterocycles. The van der Waals surface area contributed by atoms with E-state index in [4.69, 9.17) is 17.3 Å². The second-order valence-corrected chi connectivity index (χ2v) is 8.08. The van der Waals surface area contributed by atoms with Gasteiger partial charge in [0.2, 0.25) is 0 Å². The van der Waals surface area contributed by atoms with Gasteiger partial charge < -0.3 is 11.1 Å². The number of ketones is 1. The number of benzene rings is 1. The third-order valence-electron chi connectivity index (χ3n) is 4.70. The van der Waals surface area contributed by atoms with Crippen LogP contribution in [-0.2, 0) is 4.79 Å². The molecule has 28 heavy (non-hydrogen) atoms. The highest BCUT2D eigenvalue weighted by Gasteiger charge is 2.36. The lowest BCUT2D eigenvalue weighted by atomic mass is 9.73. The fourth-order valence-corrected chi connectivity index (χ4v) is 3.70. The van der Waals surface area contributed by atoms with Gasteiger partial charge in [0.15, 0.2) is 5.78 Å². The standard InChI is InChI=1S/C21H22ClFN4O/c1-12(17-11-25-6-7-26-17)27-16-9-21(2,3)10-18(28)19(16)20(24)14-5-4-13(23)8-15(14)22/h4-8,11,20,27H,1,9-10,24H2,2-3H3. The molecule has 5 nitrogen and oxygen atoms in total. The van der Waals surface area contributed by atoms with E-state index in [1.165, 1.54) is 18.2 Å². The number of aromatic nitrogens is 2. The van der Waals surface area contributed by atoms with Crippen molar-refractivity contribution in [2.75, 3.05) is 0 Å². The summed E-state index contributed by atoms with van der Waals surface area (Å²) in [4.78, 5) is 21.2. The van der Waals surface area contributed by atoms with E-state index in [1.54, 1.807) is 18.6 Å². The van der Waals surface area contributed by atoms with Gasteiger partial charge in [0.1, 0.15) is 11.5 Å². The molecule has 1 heterocycles. The Balaban J connectivity index is 2.03. The fraction of sp³-hybridized carbons (Fsp3) is 0.286. The average Bonchev–Trinajstić information content (AvgIpc) is 2.60. The normalized spacial score (nSPS) is 17.4. The molecule has 2 aromatic rings. The van der Waals surface area contributed by atoms with Gasteiger partial charge in [-0.3, -0.25) is 14.8 Å². The van der Waals surface area contributed by atoms with Crippen molar-refractivity contribution in [3.8, 4) is 0 Å². The monoisotopic (exact) mass is 400 g/mol. The number of hydrogen-bond donors (Lipinski definition) is 2. The number of carbonyl (C=O) groups excluding carboxylic acids is 1. The molecule has 1 aromatic heterocycles. The molecule has 1 unspecified atom stereocenters. The van der Waals surface area contributed by atoms with Crippen LogP contribution in [0.1, 0.15) is 44.0 Å². The number of nitrogens with two attached hydrogens (primary N) is 1. The van der Waals surface area contributed by atoms with Crippen molar-refractivity contribution in [3.63, 3.8) is 0 Å². The summed E-state index contributed by atoms with van der Waals surface area (Å²) in [5.41, 5.74) is 8.86.